The van der Waals surface area contributed by atoms with Crippen LogP contribution in [0.1, 0.15) is 36.6 Å². The molecule has 3 aromatic rings. The fourth-order valence-electron chi connectivity index (χ4n) is 4.59. The number of rotatable bonds is 14. The van der Waals surface area contributed by atoms with Crippen molar-refractivity contribution in [3.8, 4) is 23.0 Å². The number of hydrogen-bond acceptors (Lipinski definition) is 10. The molecule has 0 spiro atoms. The largest absolute Gasteiger partial charge is 0.493 e. The van der Waals surface area contributed by atoms with Gasteiger partial charge < -0.3 is 39.4 Å². The van der Waals surface area contributed by atoms with E-state index in [0.29, 0.717) is 56.5 Å². The number of esters is 1. The summed E-state index contributed by atoms with van der Waals surface area (Å²) in [5.74, 6) is 1.05. The summed E-state index contributed by atoms with van der Waals surface area (Å²) in [6.07, 6.45) is 0.297. The molecule has 0 aromatic heterocycles. The number of nitrogens with zero attached hydrogens (tertiary/aromatic N) is 1. The number of halogens is 3. The van der Waals surface area contributed by atoms with Gasteiger partial charge in [0.05, 0.1) is 48.7 Å². The molecule has 47 heavy (non-hydrogen) atoms. The molecule has 0 saturated heterocycles. The molecule has 0 fully saturated rings. The van der Waals surface area contributed by atoms with Crippen molar-refractivity contribution in [3.63, 3.8) is 0 Å². The van der Waals surface area contributed by atoms with Crippen LogP contribution >= 0.6 is 45.8 Å². The van der Waals surface area contributed by atoms with Crippen molar-refractivity contribution in [1.82, 2.24) is 16.1 Å². The van der Waals surface area contributed by atoms with E-state index in [1.165, 1.54) is 13.3 Å². The fourth-order valence-corrected chi connectivity index (χ4v) is 5.53. The fraction of sp³-hybridized carbons (Fsp3) is 0.281. The number of hydrogen-bond donors (Lipinski definition) is 4. The van der Waals surface area contributed by atoms with Crippen LogP contribution in [0.5, 0.6) is 23.0 Å². The number of allylic oxidation sites excluding steroid dienone is 1. The van der Waals surface area contributed by atoms with Gasteiger partial charge >= 0.3 is 12.0 Å². The van der Waals surface area contributed by atoms with Gasteiger partial charge in [-0.15, -0.1) is 0 Å². The molecule has 4 rings (SSSR count). The van der Waals surface area contributed by atoms with Crippen molar-refractivity contribution in [2.24, 2.45) is 5.10 Å². The molecule has 250 valence electrons. The summed E-state index contributed by atoms with van der Waals surface area (Å²) in [4.78, 5) is 24.7. The van der Waals surface area contributed by atoms with E-state index in [4.69, 9.17) is 46.9 Å². The van der Waals surface area contributed by atoms with Gasteiger partial charge in [0.2, 0.25) is 0 Å². The average molecular weight is 799 g/mol. The van der Waals surface area contributed by atoms with Crippen LogP contribution < -0.4 is 35.0 Å². The summed E-state index contributed by atoms with van der Waals surface area (Å²) >= 11 is 14.3. The number of benzene rings is 3. The lowest BCUT2D eigenvalue weighted by Gasteiger charge is -2.28. The zero-order valence-electron chi connectivity index (χ0n) is 25.9. The molecule has 0 saturated carbocycles. The second kappa shape index (κ2) is 16.8. The third-order valence-electron chi connectivity index (χ3n) is 6.73. The number of nitrogens with one attached hydrogen (secondary N) is 3. The van der Waals surface area contributed by atoms with Gasteiger partial charge in [-0.3, -0.25) is 5.43 Å². The standard InChI is InChI=1S/C32H33Cl2IN4O8/c1-5-45-25-12-19(29-28(31(41)44-4)17(2)37-32(42)38-29)7-9-24(25)46-16-27(40)39-36-14-20-11-21(35)13-26(43-3)30(20)47-15-18-6-8-22(33)23(34)10-18/h6-14,27,29,39-40H,5,15-16H2,1-4H3,(H2,37,38,42)/b36-14+/t27-,29+/m1/s1. The number of carbonyl (C=O) groups is 2. The van der Waals surface area contributed by atoms with Gasteiger partial charge in [-0.25, -0.2) is 9.59 Å². The highest BCUT2D eigenvalue weighted by Gasteiger charge is 2.32. The maximum absolute atomic E-state index is 12.5. The van der Waals surface area contributed by atoms with Crippen LogP contribution in [0.4, 0.5) is 4.79 Å². The first kappa shape index (κ1) is 35.9. The van der Waals surface area contributed by atoms with E-state index in [9.17, 15) is 14.7 Å². The summed E-state index contributed by atoms with van der Waals surface area (Å²) in [6, 6.07) is 12.7. The molecule has 12 nitrogen and oxygen atoms in total. The number of urea groups is 1. The molecular weight excluding hydrogens is 766 g/mol. The predicted octanol–water partition coefficient (Wildman–Crippen LogP) is 5.71. The van der Waals surface area contributed by atoms with Gasteiger partial charge in [0.1, 0.15) is 13.2 Å². The molecule has 1 aliphatic heterocycles. The molecule has 15 heteroatoms. The molecule has 4 N–H and O–H groups in total. The van der Waals surface area contributed by atoms with Crippen molar-refractivity contribution in [2.75, 3.05) is 27.4 Å². The Morgan fingerprint density at radius 1 is 1.06 bits per heavy atom. The maximum Gasteiger partial charge on any atom is 0.337 e. The van der Waals surface area contributed by atoms with Gasteiger partial charge in [0.15, 0.2) is 29.2 Å². The molecule has 0 radical (unpaired) electrons. The Labute approximate surface area is 295 Å². The van der Waals surface area contributed by atoms with E-state index in [2.05, 4.69) is 43.8 Å². The number of methoxy groups -OCH3 is 2. The number of aliphatic hydroxyl groups excluding tert-OH is 1. The normalized spacial score (nSPS) is 15.1. The smallest absolute Gasteiger partial charge is 0.337 e. The first-order valence-corrected chi connectivity index (χ1v) is 16.0. The number of hydrazone groups is 1. The van der Waals surface area contributed by atoms with Crippen LogP contribution in [0, 0.1) is 3.57 Å². The Bertz CT molecular complexity index is 1690. The Hall–Kier alpha value is -3.92. The number of ether oxygens (including phenoxy) is 5. The third kappa shape index (κ3) is 9.34. The Kier molecular flexibility index (Phi) is 12.8. The molecule has 1 heterocycles. The van der Waals surface area contributed by atoms with Crippen molar-refractivity contribution < 1.29 is 38.4 Å². The van der Waals surface area contributed by atoms with Crippen LogP contribution in [-0.4, -0.2) is 57.0 Å². The van der Waals surface area contributed by atoms with Crippen LogP contribution in [0.15, 0.2) is 64.9 Å². The molecular formula is C32H33Cl2IN4O8. The quantitative estimate of drug-likeness (QED) is 0.0530. The highest BCUT2D eigenvalue weighted by atomic mass is 127. The molecule has 2 atom stereocenters. The summed E-state index contributed by atoms with van der Waals surface area (Å²) in [5.41, 5.74) is 5.26. The molecule has 1 aliphatic rings. The van der Waals surface area contributed by atoms with Crippen molar-refractivity contribution in [2.45, 2.75) is 32.7 Å². The zero-order chi connectivity index (χ0) is 34.1. The molecule has 0 unspecified atom stereocenters. The summed E-state index contributed by atoms with van der Waals surface area (Å²) in [7, 11) is 2.81. The molecule has 3 aromatic carbocycles. The summed E-state index contributed by atoms with van der Waals surface area (Å²) in [6.45, 7) is 3.75. The van der Waals surface area contributed by atoms with Crippen LogP contribution in [0.3, 0.4) is 0 Å². The minimum atomic E-state index is -1.20. The van der Waals surface area contributed by atoms with E-state index in [-0.39, 0.29) is 18.8 Å². The van der Waals surface area contributed by atoms with E-state index in [0.717, 1.165) is 9.13 Å². The van der Waals surface area contributed by atoms with Crippen LogP contribution in [0.2, 0.25) is 10.0 Å². The van der Waals surface area contributed by atoms with Crippen molar-refractivity contribution in [3.05, 3.63) is 90.1 Å². The van der Waals surface area contributed by atoms with Gasteiger partial charge in [0, 0.05) is 14.8 Å². The topological polar surface area (TPSA) is 149 Å². The highest BCUT2D eigenvalue weighted by Crippen LogP contribution is 2.36. The lowest BCUT2D eigenvalue weighted by molar-refractivity contribution is -0.136. The van der Waals surface area contributed by atoms with Crippen LogP contribution in [0.25, 0.3) is 0 Å². The van der Waals surface area contributed by atoms with E-state index < -0.39 is 24.3 Å². The van der Waals surface area contributed by atoms with Gasteiger partial charge in [0.25, 0.3) is 0 Å². The Morgan fingerprint density at radius 3 is 2.55 bits per heavy atom. The van der Waals surface area contributed by atoms with E-state index in [1.54, 1.807) is 51.3 Å². The van der Waals surface area contributed by atoms with Crippen molar-refractivity contribution >= 4 is 64.0 Å². The average Bonchev–Trinajstić information content (AvgIpc) is 3.04. The van der Waals surface area contributed by atoms with Gasteiger partial charge in [-0.05, 0) is 84.0 Å². The molecule has 0 bridgehead atoms. The minimum absolute atomic E-state index is 0.191. The number of aliphatic hydroxyl groups is 1. The number of amides is 2. The lowest BCUT2D eigenvalue weighted by atomic mass is 9.95. The Balaban J connectivity index is 1.44. The Morgan fingerprint density at radius 2 is 1.85 bits per heavy atom. The number of carbonyl (C=O) groups excluding carboxylic acids is 2. The third-order valence-corrected chi connectivity index (χ3v) is 8.10. The zero-order valence-corrected chi connectivity index (χ0v) is 29.5. The first-order chi connectivity index (χ1) is 22.5. The lowest BCUT2D eigenvalue weighted by Crippen LogP contribution is -2.45. The van der Waals surface area contributed by atoms with Crippen molar-refractivity contribution in [1.29, 1.82) is 0 Å². The van der Waals surface area contributed by atoms with Gasteiger partial charge in [-0.2, -0.15) is 5.10 Å². The second-order valence-electron chi connectivity index (χ2n) is 9.98. The minimum Gasteiger partial charge on any atom is -0.493 e. The predicted molar refractivity (Wildman–Crippen MR) is 185 cm³/mol. The second-order valence-corrected chi connectivity index (χ2v) is 12.0. The molecule has 2 amide bonds. The monoisotopic (exact) mass is 798 g/mol. The highest BCUT2D eigenvalue weighted by molar-refractivity contribution is 14.1. The maximum atomic E-state index is 12.5. The van der Waals surface area contributed by atoms with E-state index >= 15 is 0 Å². The van der Waals surface area contributed by atoms with Crippen LogP contribution in [-0.2, 0) is 16.1 Å². The van der Waals surface area contributed by atoms with E-state index in [1.807, 2.05) is 18.2 Å². The molecule has 0 aliphatic carbocycles. The summed E-state index contributed by atoms with van der Waals surface area (Å²) < 4.78 is 29.0. The SMILES string of the molecule is CCOc1cc([C@@H]2NC(=O)NC(C)=C2C(=O)OC)ccc1OC[C@@H](O)N/N=C/c1cc(I)cc(OC)c1OCc1ccc(Cl)c(Cl)c1. The first-order valence-electron chi connectivity index (χ1n) is 14.2. The summed E-state index contributed by atoms with van der Waals surface area (Å²) in [5, 5.41) is 21.0. The van der Waals surface area contributed by atoms with Gasteiger partial charge in [-0.1, -0.05) is 35.3 Å².